The molecule has 1 unspecified atom stereocenters. The van der Waals surface area contributed by atoms with Gasteiger partial charge in [-0.2, -0.15) is 0 Å². The minimum Gasteiger partial charge on any atom is -0.392 e. The van der Waals surface area contributed by atoms with Crippen molar-refractivity contribution in [2.24, 2.45) is 10.9 Å². The maximum atomic E-state index is 9.57. The first kappa shape index (κ1) is 11.1. The molecule has 0 amide bonds. The van der Waals surface area contributed by atoms with Crippen LogP contribution in [0.25, 0.3) is 0 Å². The van der Waals surface area contributed by atoms with Crippen molar-refractivity contribution in [1.82, 2.24) is 4.90 Å². The van der Waals surface area contributed by atoms with Crippen LogP contribution in [0.5, 0.6) is 0 Å². The van der Waals surface area contributed by atoms with E-state index in [1.807, 2.05) is 7.05 Å². The second-order valence-electron chi connectivity index (χ2n) is 4.86. The summed E-state index contributed by atoms with van der Waals surface area (Å²) >= 11 is 0. The van der Waals surface area contributed by atoms with E-state index in [4.69, 9.17) is 0 Å². The summed E-state index contributed by atoms with van der Waals surface area (Å²) in [6.07, 6.45) is 8.21. The average Bonchev–Trinajstić information content (AvgIpc) is 2.66. The molecule has 3 atom stereocenters. The third-order valence-electron chi connectivity index (χ3n) is 3.79. The minimum absolute atomic E-state index is 0.0915. The molecular formula is C12H22N2O. The summed E-state index contributed by atoms with van der Waals surface area (Å²) < 4.78 is 0. The third kappa shape index (κ3) is 2.58. The minimum atomic E-state index is -0.0915. The number of hydrogen-bond acceptors (Lipinski definition) is 3. The van der Waals surface area contributed by atoms with Crippen molar-refractivity contribution < 1.29 is 5.11 Å². The standard InChI is InChI=1S/C12H22N2O/c1-13-8-10-4-2-3-5-12(10)14-7-6-11(15)9-14/h8,10-12,15H,2-7,9H2,1H3/b13-8+/t10?,11-,12+/m1/s1. The summed E-state index contributed by atoms with van der Waals surface area (Å²) in [5.74, 6) is 0.619. The molecule has 0 spiro atoms. The summed E-state index contributed by atoms with van der Waals surface area (Å²) in [5.41, 5.74) is 0. The van der Waals surface area contributed by atoms with Crippen molar-refractivity contribution in [3.05, 3.63) is 0 Å². The Morgan fingerprint density at radius 2 is 2.07 bits per heavy atom. The van der Waals surface area contributed by atoms with Gasteiger partial charge in [-0.25, -0.2) is 0 Å². The van der Waals surface area contributed by atoms with Crippen molar-refractivity contribution in [3.8, 4) is 0 Å². The number of rotatable bonds is 2. The van der Waals surface area contributed by atoms with Gasteiger partial charge in [0.05, 0.1) is 6.10 Å². The summed E-state index contributed by atoms with van der Waals surface area (Å²) in [6, 6.07) is 0.639. The van der Waals surface area contributed by atoms with E-state index in [-0.39, 0.29) is 6.10 Å². The van der Waals surface area contributed by atoms with Crippen LogP contribution in [-0.2, 0) is 0 Å². The number of aliphatic hydroxyl groups excluding tert-OH is 1. The van der Waals surface area contributed by atoms with Crippen molar-refractivity contribution in [1.29, 1.82) is 0 Å². The van der Waals surface area contributed by atoms with Crippen LogP contribution < -0.4 is 0 Å². The second kappa shape index (κ2) is 5.08. The Morgan fingerprint density at radius 3 is 2.73 bits per heavy atom. The number of aliphatic hydroxyl groups is 1. The second-order valence-corrected chi connectivity index (χ2v) is 4.86. The first-order valence-electron chi connectivity index (χ1n) is 6.15. The van der Waals surface area contributed by atoms with Gasteiger partial charge >= 0.3 is 0 Å². The number of aliphatic imine (C=N–C) groups is 1. The van der Waals surface area contributed by atoms with Crippen molar-refractivity contribution in [2.75, 3.05) is 20.1 Å². The molecule has 15 heavy (non-hydrogen) atoms. The highest BCUT2D eigenvalue weighted by Crippen LogP contribution is 2.29. The lowest BCUT2D eigenvalue weighted by atomic mass is 9.84. The van der Waals surface area contributed by atoms with Gasteiger partial charge in [0, 0.05) is 38.3 Å². The fraction of sp³-hybridized carbons (Fsp3) is 0.917. The van der Waals surface area contributed by atoms with Gasteiger partial charge in [0.15, 0.2) is 0 Å². The lowest BCUT2D eigenvalue weighted by Gasteiger charge is -2.36. The Bertz CT molecular complexity index is 230. The maximum absolute atomic E-state index is 9.57. The normalized spacial score (nSPS) is 38.9. The van der Waals surface area contributed by atoms with E-state index in [2.05, 4.69) is 16.1 Å². The summed E-state index contributed by atoms with van der Waals surface area (Å²) in [6.45, 7) is 1.94. The molecule has 0 radical (unpaired) electrons. The first-order chi connectivity index (χ1) is 7.31. The zero-order valence-corrected chi connectivity index (χ0v) is 9.60. The number of nitrogens with zero attached hydrogens (tertiary/aromatic N) is 2. The zero-order valence-electron chi connectivity index (χ0n) is 9.60. The van der Waals surface area contributed by atoms with Crippen molar-refractivity contribution >= 4 is 6.21 Å². The zero-order chi connectivity index (χ0) is 10.7. The van der Waals surface area contributed by atoms with Crippen LogP contribution in [0.1, 0.15) is 32.1 Å². The van der Waals surface area contributed by atoms with Crippen LogP contribution in [0.15, 0.2) is 4.99 Å². The Kier molecular flexibility index (Phi) is 3.76. The van der Waals surface area contributed by atoms with Gasteiger partial charge in [0.25, 0.3) is 0 Å². The predicted octanol–water partition coefficient (Wildman–Crippen LogP) is 1.31. The Hall–Kier alpha value is -0.410. The fourth-order valence-electron chi connectivity index (χ4n) is 3.03. The molecule has 86 valence electrons. The number of β-amino-alcohol motifs (C(OH)–C–C–N with tert-alkyl or cyclic N) is 1. The summed E-state index contributed by atoms with van der Waals surface area (Å²) in [4.78, 5) is 6.65. The summed E-state index contributed by atoms with van der Waals surface area (Å²) in [7, 11) is 1.87. The van der Waals surface area contributed by atoms with Crippen LogP contribution in [0.2, 0.25) is 0 Å². The Balaban J connectivity index is 1.98. The van der Waals surface area contributed by atoms with Crippen LogP contribution >= 0.6 is 0 Å². The molecule has 0 bridgehead atoms. The van der Waals surface area contributed by atoms with Crippen LogP contribution in [0.4, 0.5) is 0 Å². The fourth-order valence-corrected chi connectivity index (χ4v) is 3.03. The van der Waals surface area contributed by atoms with Gasteiger partial charge < -0.3 is 10.1 Å². The molecule has 0 aromatic carbocycles. The first-order valence-corrected chi connectivity index (χ1v) is 6.15. The van der Waals surface area contributed by atoms with E-state index in [1.165, 1.54) is 25.7 Å². The lowest BCUT2D eigenvalue weighted by molar-refractivity contribution is 0.128. The van der Waals surface area contributed by atoms with Crippen LogP contribution in [-0.4, -0.2) is 48.5 Å². The largest absolute Gasteiger partial charge is 0.392 e. The third-order valence-corrected chi connectivity index (χ3v) is 3.79. The molecule has 0 aromatic heterocycles. The van der Waals surface area contributed by atoms with E-state index < -0.39 is 0 Å². The van der Waals surface area contributed by atoms with Crippen molar-refractivity contribution in [3.63, 3.8) is 0 Å². The van der Waals surface area contributed by atoms with E-state index in [0.717, 1.165) is 19.5 Å². The molecule has 2 rings (SSSR count). The molecule has 2 fully saturated rings. The molecule has 2 aliphatic rings. The van der Waals surface area contributed by atoms with Gasteiger partial charge in [-0.05, 0) is 19.3 Å². The lowest BCUT2D eigenvalue weighted by Crippen LogP contribution is -2.42. The van der Waals surface area contributed by atoms with Gasteiger partial charge in [0.1, 0.15) is 0 Å². The number of hydrogen-bond donors (Lipinski definition) is 1. The van der Waals surface area contributed by atoms with Gasteiger partial charge in [-0.1, -0.05) is 12.8 Å². The molecule has 1 saturated heterocycles. The Morgan fingerprint density at radius 1 is 1.27 bits per heavy atom. The monoisotopic (exact) mass is 210 g/mol. The molecule has 1 aliphatic carbocycles. The predicted molar refractivity (Wildman–Crippen MR) is 62.4 cm³/mol. The smallest absolute Gasteiger partial charge is 0.0679 e. The van der Waals surface area contributed by atoms with Crippen molar-refractivity contribution in [2.45, 2.75) is 44.2 Å². The van der Waals surface area contributed by atoms with Gasteiger partial charge in [-0.15, -0.1) is 0 Å². The Labute approximate surface area is 92.2 Å². The molecule has 3 nitrogen and oxygen atoms in total. The van der Waals surface area contributed by atoms with Gasteiger partial charge in [0.2, 0.25) is 0 Å². The molecule has 1 heterocycles. The van der Waals surface area contributed by atoms with E-state index in [0.29, 0.717) is 12.0 Å². The molecule has 1 N–H and O–H groups in total. The van der Waals surface area contributed by atoms with Crippen LogP contribution in [0, 0.1) is 5.92 Å². The topological polar surface area (TPSA) is 35.8 Å². The SMILES string of the molecule is C/N=C/C1CCCC[C@@H]1N1CC[C@@H](O)C1. The molecule has 3 heteroatoms. The summed E-state index contributed by atoms with van der Waals surface area (Å²) in [5, 5.41) is 9.57. The highest BCUT2D eigenvalue weighted by Gasteiger charge is 2.32. The maximum Gasteiger partial charge on any atom is 0.0679 e. The number of likely N-dealkylation sites (tertiary alicyclic amines) is 1. The average molecular weight is 210 g/mol. The quantitative estimate of drug-likeness (QED) is 0.698. The highest BCUT2D eigenvalue weighted by molar-refractivity contribution is 5.61. The van der Waals surface area contributed by atoms with E-state index in [9.17, 15) is 5.11 Å². The van der Waals surface area contributed by atoms with Gasteiger partial charge in [-0.3, -0.25) is 4.90 Å². The molecule has 1 saturated carbocycles. The molecular weight excluding hydrogens is 188 g/mol. The van der Waals surface area contributed by atoms with Crippen LogP contribution in [0.3, 0.4) is 0 Å². The highest BCUT2D eigenvalue weighted by atomic mass is 16.3. The van der Waals surface area contributed by atoms with E-state index >= 15 is 0 Å². The molecule has 1 aliphatic heterocycles. The van der Waals surface area contributed by atoms with E-state index in [1.54, 1.807) is 0 Å². The molecule has 0 aromatic rings.